The second kappa shape index (κ2) is 6.08. The number of aliphatic hydroxyl groups excluding tert-OH is 1. The quantitative estimate of drug-likeness (QED) is 0.893. The topological polar surface area (TPSA) is 69.6 Å². The van der Waals surface area contributed by atoms with E-state index in [2.05, 4.69) is 5.32 Å². The summed E-state index contributed by atoms with van der Waals surface area (Å²) in [5, 5.41) is 12.7. The standard InChI is InChI=1S/C17H24N2O3/c1-11(20)19-8-7-12-9-13(5-6-14(12)19)16(22)18-10-15(21)17(2,3)4/h5-6,9,15,21H,7-8,10H2,1-4H3,(H,18,22). The summed E-state index contributed by atoms with van der Waals surface area (Å²) in [4.78, 5) is 25.4. The number of nitrogens with zero attached hydrogens (tertiary/aromatic N) is 1. The van der Waals surface area contributed by atoms with Gasteiger partial charge in [0.25, 0.3) is 5.91 Å². The fourth-order valence-corrected chi connectivity index (χ4v) is 2.47. The Labute approximate surface area is 131 Å². The van der Waals surface area contributed by atoms with Gasteiger partial charge >= 0.3 is 0 Å². The van der Waals surface area contributed by atoms with Gasteiger partial charge in [0.15, 0.2) is 0 Å². The summed E-state index contributed by atoms with van der Waals surface area (Å²) in [6.45, 7) is 8.21. The van der Waals surface area contributed by atoms with Crippen LogP contribution in [-0.4, -0.2) is 36.1 Å². The van der Waals surface area contributed by atoms with Crippen LogP contribution in [0.15, 0.2) is 18.2 Å². The highest BCUT2D eigenvalue weighted by Gasteiger charge is 2.25. The monoisotopic (exact) mass is 304 g/mol. The van der Waals surface area contributed by atoms with Crippen molar-refractivity contribution < 1.29 is 14.7 Å². The molecule has 2 rings (SSSR count). The van der Waals surface area contributed by atoms with Crippen LogP contribution in [0.25, 0.3) is 0 Å². The number of aliphatic hydroxyl groups is 1. The van der Waals surface area contributed by atoms with Gasteiger partial charge in [0.1, 0.15) is 0 Å². The first-order valence-corrected chi connectivity index (χ1v) is 7.57. The first-order valence-electron chi connectivity index (χ1n) is 7.57. The van der Waals surface area contributed by atoms with E-state index >= 15 is 0 Å². The Balaban J connectivity index is 2.05. The van der Waals surface area contributed by atoms with Crippen LogP contribution in [0.5, 0.6) is 0 Å². The summed E-state index contributed by atoms with van der Waals surface area (Å²) in [5.74, 6) is -0.184. The minimum absolute atomic E-state index is 0.0178. The van der Waals surface area contributed by atoms with Gasteiger partial charge in [-0.25, -0.2) is 0 Å². The Morgan fingerprint density at radius 1 is 1.36 bits per heavy atom. The lowest BCUT2D eigenvalue weighted by atomic mass is 9.89. The van der Waals surface area contributed by atoms with Gasteiger partial charge in [-0.1, -0.05) is 20.8 Å². The van der Waals surface area contributed by atoms with Gasteiger partial charge in [-0.15, -0.1) is 0 Å². The number of benzene rings is 1. The lowest BCUT2D eigenvalue weighted by Crippen LogP contribution is -2.39. The average Bonchev–Trinajstić information content (AvgIpc) is 2.86. The molecule has 0 saturated heterocycles. The fraction of sp³-hybridized carbons (Fsp3) is 0.529. The molecule has 0 aliphatic carbocycles. The fourth-order valence-electron chi connectivity index (χ4n) is 2.47. The van der Waals surface area contributed by atoms with E-state index in [1.807, 2.05) is 32.9 Å². The van der Waals surface area contributed by atoms with Crippen LogP contribution >= 0.6 is 0 Å². The highest BCUT2D eigenvalue weighted by Crippen LogP contribution is 2.28. The zero-order valence-electron chi connectivity index (χ0n) is 13.6. The molecule has 0 aromatic heterocycles. The van der Waals surface area contributed by atoms with Crippen LogP contribution in [0.4, 0.5) is 5.69 Å². The number of carbonyl (C=O) groups is 2. The Morgan fingerprint density at radius 3 is 2.64 bits per heavy atom. The van der Waals surface area contributed by atoms with Gasteiger partial charge < -0.3 is 15.3 Å². The van der Waals surface area contributed by atoms with E-state index in [-0.39, 0.29) is 23.8 Å². The molecule has 0 bridgehead atoms. The Bertz CT molecular complexity index is 590. The van der Waals surface area contributed by atoms with E-state index in [4.69, 9.17) is 0 Å². The number of hydrogen-bond donors (Lipinski definition) is 2. The van der Waals surface area contributed by atoms with E-state index < -0.39 is 6.10 Å². The largest absolute Gasteiger partial charge is 0.391 e. The van der Waals surface area contributed by atoms with Crippen molar-refractivity contribution in [2.75, 3.05) is 18.0 Å². The molecule has 0 saturated carbocycles. The molecule has 0 radical (unpaired) electrons. The normalized spacial score (nSPS) is 15.4. The maximum absolute atomic E-state index is 12.2. The zero-order valence-corrected chi connectivity index (χ0v) is 13.6. The lowest BCUT2D eigenvalue weighted by molar-refractivity contribution is -0.116. The van der Waals surface area contributed by atoms with Crippen molar-refractivity contribution in [1.29, 1.82) is 0 Å². The molecule has 1 aliphatic rings. The zero-order chi connectivity index (χ0) is 16.5. The highest BCUT2D eigenvalue weighted by molar-refractivity contribution is 5.97. The molecule has 1 aliphatic heterocycles. The van der Waals surface area contributed by atoms with Crippen molar-refractivity contribution in [3.05, 3.63) is 29.3 Å². The van der Waals surface area contributed by atoms with Gasteiger partial charge in [0, 0.05) is 31.3 Å². The van der Waals surface area contributed by atoms with Gasteiger partial charge in [0.05, 0.1) is 6.10 Å². The van der Waals surface area contributed by atoms with Gasteiger partial charge in [0.2, 0.25) is 5.91 Å². The summed E-state index contributed by atoms with van der Waals surface area (Å²) in [7, 11) is 0. The molecule has 5 nitrogen and oxygen atoms in total. The summed E-state index contributed by atoms with van der Waals surface area (Å²) in [6, 6.07) is 5.37. The first-order chi connectivity index (χ1) is 10.2. The molecule has 0 spiro atoms. The van der Waals surface area contributed by atoms with Crippen molar-refractivity contribution in [3.63, 3.8) is 0 Å². The van der Waals surface area contributed by atoms with Crippen LogP contribution in [-0.2, 0) is 11.2 Å². The van der Waals surface area contributed by atoms with Crippen LogP contribution in [0, 0.1) is 5.41 Å². The third-order valence-electron chi connectivity index (χ3n) is 4.07. The molecule has 1 unspecified atom stereocenters. The van der Waals surface area contributed by atoms with Crippen LogP contribution in [0.1, 0.15) is 43.6 Å². The molecular weight excluding hydrogens is 280 g/mol. The molecule has 22 heavy (non-hydrogen) atoms. The molecular formula is C17H24N2O3. The van der Waals surface area contributed by atoms with Crippen molar-refractivity contribution in [1.82, 2.24) is 5.32 Å². The molecule has 1 atom stereocenters. The minimum Gasteiger partial charge on any atom is -0.391 e. The van der Waals surface area contributed by atoms with Gasteiger partial charge in [-0.3, -0.25) is 9.59 Å². The van der Waals surface area contributed by atoms with Crippen LogP contribution in [0.3, 0.4) is 0 Å². The van der Waals surface area contributed by atoms with Crippen LogP contribution < -0.4 is 10.2 Å². The smallest absolute Gasteiger partial charge is 0.251 e. The van der Waals surface area contributed by atoms with Crippen molar-refractivity contribution in [3.8, 4) is 0 Å². The number of carbonyl (C=O) groups excluding carboxylic acids is 2. The van der Waals surface area contributed by atoms with E-state index in [0.717, 1.165) is 17.7 Å². The van der Waals surface area contributed by atoms with Gasteiger partial charge in [-0.2, -0.15) is 0 Å². The number of nitrogens with one attached hydrogen (secondary N) is 1. The van der Waals surface area contributed by atoms with Crippen molar-refractivity contribution in [2.45, 2.75) is 40.2 Å². The Hall–Kier alpha value is -1.88. The molecule has 120 valence electrons. The van der Waals surface area contributed by atoms with Crippen LogP contribution in [0.2, 0.25) is 0 Å². The van der Waals surface area contributed by atoms with Crippen molar-refractivity contribution >= 4 is 17.5 Å². The summed E-state index contributed by atoms with van der Waals surface area (Å²) in [5.41, 5.74) is 2.19. The number of anilines is 1. The molecule has 2 N–H and O–H groups in total. The summed E-state index contributed by atoms with van der Waals surface area (Å²) in [6.07, 6.45) is 0.166. The molecule has 0 fully saturated rings. The Kier molecular flexibility index (Phi) is 4.56. The minimum atomic E-state index is -0.598. The summed E-state index contributed by atoms with van der Waals surface area (Å²) < 4.78 is 0. The SMILES string of the molecule is CC(=O)N1CCc2cc(C(=O)NCC(O)C(C)(C)C)ccc21. The molecule has 1 heterocycles. The molecule has 2 amide bonds. The van der Waals surface area contributed by atoms with Gasteiger partial charge in [-0.05, 0) is 35.6 Å². The highest BCUT2D eigenvalue weighted by atomic mass is 16.3. The molecule has 1 aromatic rings. The average molecular weight is 304 g/mol. The number of amides is 2. The van der Waals surface area contributed by atoms with E-state index in [1.165, 1.54) is 0 Å². The second-order valence-electron chi connectivity index (χ2n) is 6.86. The lowest BCUT2D eigenvalue weighted by Gasteiger charge is -2.25. The third kappa shape index (κ3) is 3.47. The molecule has 5 heteroatoms. The predicted octanol–water partition coefficient (Wildman–Crippen LogP) is 1.73. The predicted molar refractivity (Wildman–Crippen MR) is 86.0 cm³/mol. The first kappa shape index (κ1) is 16.5. The number of hydrogen-bond acceptors (Lipinski definition) is 3. The van der Waals surface area contributed by atoms with Crippen molar-refractivity contribution in [2.24, 2.45) is 5.41 Å². The summed E-state index contributed by atoms with van der Waals surface area (Å²) >= 11 is 0. The molecule has 1 aromatic carbocycles. The van der Waals surface area contributed by atoms with E-state index in [1.54, 1.807) is 17.9 Å². The maximum Gasteiger partial charge on any atom is 0.251 e. The number of fused-ring (bicyclic) bond motifs is 1. The van der Waals surface area contributed by atoms with E-state index in [9.17, 15) is 14.7 Å². The second-order valence-corrected chi connectivity index (χ2v) is 6.86. The maximum atomic E-state index is 12.2. The Morgan fingerprint density at radius 2 is 2.05 bits per heavy atom. The number of rotatable bonds is 3. The van der Waals surface area contributed by atoms with E-state index in [0.29, 0.717) is 12.1 Å². The third-order valence-corrected chi connectivity index (χ3v) is 4.07.